The Morgan fingerprint density at radius 3 is 2.44 bits per heavy atom. The predicted molar refractivity (Wildman–Crippen MR) is 80.0 cm³/mol. The maximum absolute atomic E-state index is 13.2. The SMILES string of the molecule is Nc1cc(F)c(Br)cc1NCc1ccc(Br)cc1. The number of halogens is 3. The van der Waals surface area contributed by atoms with Crippen molar-refractivity contribution in [1.29, 1.82) is 0 Å². The van der Waals surface area contributed by atoms with Crippen LogP contribution in [0.2, 0.25) is 0 Å². The molecule has 0 aliphatic heterocycles. The van der Waals surface area contributed by atoms with E-state index in [1.165, 1.54) is 6.07 Å². The lowest BCUT2D eigenvalue weighted by Gasteiger charge is -2.10. The van der Waals surface area contributed by atoms with E-state index < -0.39 is 0 Å². The molecule has 0 radical (unpaired) electrons. The highest BCUT2D eigenvalue weighted by molar-refractivity contribution is 9.10. The molecule has 2 nitrogen and oxygen atoms in total. The molecular weight excluding hydrogens is 363 g/mol. The van der Waals surface area contributed by atoms with Crippen LogP contribution < -0.4 is 11.1 Å². The second-order valence-corrected chi connectivity index (χ2v) is 5.60. The van der Waals surface area contributed by atoms with Crippen LogP contribution >= 0.6 is 31.9 Å². The highest BCUT2D eigenvalue weighted by atomic mass is 79.9. The van der Waals surface area contributed by atoms with Gasteiger partial charge in [0.2, 0.25) is 0 Å². The van der Waals surface area contributed by atoms with Crippen molar-refractivity contribution in [1.82, 2.24) is 0 Å². The minimum absolute atomic E-state index is 0.360. The number of benzene rings is 2. The third kappa shape index (κ3) is 3.23. The molecule has 0 heterocycles. The molecule has 0 aliphatic rings. The van der Waals surface area contributed by atoms with Gasteiger partial charge in [0, 0.05) is 17.1 Å². The summed E-state index contributed by atoms with van der Waals surface area (Å²) in [5.41, 5.74) is 7.98. The number of hydrogen-bond donors (Lipinski definition) is 2. The average molecular weight is 374 g/mol. The molecule has 2 aromatic rings. The van der Waals surface area contributed by atoms with Crippen molar-refractivity contribution in [3.8, 4) is 0 Å². The van der Waals surface area contributed by atoms with Crippen molar-refractivity contribution < 1.29 is 4.39 Å². The topological polar surface area (TPSA) is 38.0 Å². The van der Waals surface area contributed by atoms with Gasteiger partial charge >= 0.3 is 0 Å². The van der Waals surface area contributed by atoms with Gasteiger partial charge in [-0.05, 0) is 39.7 Å². The Bertz CT molecular complexity index is 556. The summed E-state index contributed by atoms with van der Waals surface area (Å²) in [5, 5.41) is 3.18. The van der Waals surface area contributed by atoms with Gasteiger partial charge in [-0.15, -0.1) is 0 Å². The second-order valence-electron chi connectivity index (χ2n) is 3.83. The van der Waals surface area contributed by atoms with Gasteiger partial charge in [0.05, 0.1) is 15.8 Å². The van der Waals surface area contributed by atoms with Crippen LogP contribution in [0.25, 0.3) is 0 Å². The molecule has 0 bridgehead atoms. The van der Waals surface area contributed by atoms with Crippen molar-refractivity contribution in [3.63, 3.8) is 0 Å². The van der Waals surface area contributed by atoms with Crippen LogP contribution in [0.3, 0.4) is 0 Å². The lowest BCUT2D eigenvalue weighted by Crippen LogP contribution is -2.03. The quantitative estimate of drug-likeness (QED) is 0.775. The molecule has 3 N–H and O–H groups in total. The fourth-order valence-corrected chi connectivity index (χ4v) is 2.12. The smallest absolute Gasteiger partial charge is 0.139 e. The lowest BCUT2D eigenvalue weighted by molar-refractivity contribution is 0.622. The minimum atomic E-state index is -0.360. The van der Waals surface area contributed by atoms with E-state index in [-0.39, 0.29) is 5.82 Å². The second kappa shape index (κ2) is 5.71. The van der Waals surface area contributed by atoms with Crippen LogP contribution in [0.4, 0.5) is 15.8 Å². The standard InChI is InChI=1S/C13H11Br2FN2/c14-9-3-1-8(2-4-9)7-18-13-5-10(15)11(16)6-12(13)17/h1-6,18H,7,17H2. The molecule has 94 valence electrons. The number of nitrogens with two attached hydrogens (primary N) is 1. The molecule has 0 spiro atoms. The van der Waals surface area contributed by atoms with Crippen molar-refractivity contribution >= 4 is 43.2 Å². The van der Waals surface area contributed by atoms with Crippen molar-refractivity contribution in [3.05, 3.63) is 56.7 Å². The van der Waals surface area contributed by atoms with Crippen molar-refractivity contribution in [2.24, 2.45) is 0 Å². The van der Waals surface area contributed by atoms with Crippen LogP contribution in [0.15, 0.2) is 45.3 Å². The van der Waals surface area contributed by atoms with E-state index in [0.29, 0.717) is 22.4 Å². The number of hydrogen-bond acceptors (Lipinski definition) is 2. The Balaban J connectivity index is 2.10. The number of rotatable bonds is 3. The first-order chi connectivity index (χ1) is 8.56. The Kier molecular flexibility index (Phi) is 4.24. The van der Waals surface area contributed by atoms with Crippen molar-refractivity contribution in [2.75, 3.05) is 11.1 Å². The summed E-state index contributed by atoms with van der Waals surface area (Å²) < 4.78 is 14.6. The van der Waals surface area contributed by atoms with Crippen LogP contribution in [0.1, 0.15) is 5.56 Å². The molecule has 0 aliphatic carbocycles. The molecule has 0 fully saturated rings. The van der Waals surface area contributed by atoms with Gasteiger partial charge in [-0.2, -0.15) is 0 Å². The van der Waals surface area contributed by atoms with E-state index >= 15 is 0 Å². The molecule has 2 rings (SSSR count). The lowest BCUT2D eigenvalue weighted by atomic mass is 10.2. The molecule has 0 aromatic heterocycles. The van der Waals surface area contributed by atoms with Crippen LogP contribution in [0.5, 0.6) is 0 Å². The first-order valence-corrected chi connectivity index (χ1v) is 6.87. The predicted octanol–water partition coefficient (Wildman–Crippen LogP) is 4.55. The molecule has 0 unspecified atom stereocenters. The monoisotopic (exact) mass is 372 g/mol. The third-order valence-electron chi connectivity index (χ3n) is 2.49. The number of nitrogens with one attached hydrogen (secondary N) is 1. The van der Waals surface area contributed by atoms with Gasteiger partial charge in [0.25, 0.3) is 0 Å². The number of nitrogen functional groups attached to an aromatic ring is 1. The van der Waals surface area contributed by atoms with E-state index in [0.717, 1.165) is 10.0 Å². The third-order valence-corrected chi connectivity index (χ3v) is 3.63. The number of anilines is 2. The zero-order valence-electron chi connectivity index (χ0n) is 9.38. The Labute approximate surface area is 122 Å². The molecule has 0 atom stereocenters. The summed E-state index contributed by atoms with van der Waals surface area (Å²) >= 11 is 6.52. The van der Waals surface area contributed by atoms with Gasteiger partial charge in [-0.3, -0.25) is 0 Å². The van der Waals surface area contributed by atoms with Gasteiger partial charge in [0.1, 0.15) is 5.82 Å². The first-order valence-electron chi connectivity index (χ1n) is 5.29. The highest BCUT2D eigenvalue weighted by Gasteiger charge is 2.05. The van der Waals surface area contributed by atoms with E-state index in [4.69, 9.17) is 5.73 Å². The van der Waals surface area contributed by atoms with E-state index in [1.54, 1.807) is 6.07 Å². The summed E-state index contributed by atoms with van der Waals surface area (Å²) in [7, 11) is 0. The molecule has 5 heteroatoms. The van der Waals surface area contributed by atoms with Crippen LogP contribution in [-0.4, -0.2) is 0 Å². The molecule has 0 saturated carbocycles. The normalized spacial score (nSPS) is 10.4. The zero-order valence-corrected chi connectivity index (χ0v) is 12.6. The average Bonchev–Trinajstić information content (AvgIpc) is 2.34. The van der Waals surface area contributed by atoms with Gasteiger partial charge in [-0.1, -0.05) is 28.1 Å². The van der Waals surface area contributed by atoms with Crippen molar-refractivity contribution in [2.45, 2.75) is 6.54 Å². The fraction of sp³-hybridized carbons (Fsp3) is 0.0769. The maximum atomic E-state index is 13.2. The van der Waals surface area contributed by atoms with Gasteiger partial charge in [0.15, 0.2) is 0 Å². The van der Waals surface area contributed by atoms with Gasteiger partial charge in [-0.25, -0.2) is 4.39 Å². The van der Waals surface area contributed by atoms with E-state index in [9.17, 15) is 4.39 Å². The fourth-order valence-electron chi connectivity index (χ4n) is 1.51. The van der Waals surface area contributed by atoms with Crippen LogP contribution in [0, 0.1) is 5.82 Å². The Morgan fingerprint density at radius 2 is 1.78 bits per heavy atom. The summed E-state index contributed by atoms with van der Waals surface area (Å²) in [4.78, 5) is 0. The molecular formula is C13H11Br2FN2. The maximum Gasteiger partial charge on any atom is 0.139 e. The van der Waals surface area contributed by atoms with E-state index in [1.807, 2.05) is 24.3 Å². The zero-order chi connectivity index (χ0) is 13.1. The largest absolute Gasteiger partial charge is 0.397 e. The first kappa shape index (κ1) is 13.4. The summed E-state index contributed by atoms with van der Waals surface area (Å²) in [6, 6.07) is 10.9. The summed E-state index contributed by atoms with van der Waals surface area (Å²) in [5.74, 6) is -0.360. The summed E-state index contributed by atoms with van der Waals surface area (Å²) in [6.45, 7) is 0.634. The molecule has 0 saturated heterocycles. The Hall–Kier alpha value is -1.07. The molecule has 2 aromatic carbocycles. The molecule has 18 heavy (non-hydrogen) atoms. The van der Waals surface area contributed by atoms with E-state index in [2.05, 4.69) is 37.2 Å². The Morgan fingerprint density at radius 1 is 1.11 bits per heavy atom. The van der Waals surface area contributed by atoms with Gasteiger partial charge < -0.3 is 11.1 Å². The van der Waals surface area contributed by atoms with Crippen LogP contribution in [-0.2, 0) is 6.54 Å². The highest BCUT2D eigenvalue weighted by Crippen LogP contribution is 2.27. The summed E-state index contributed by atoms with van der Waals surface area (Å²) in [6.07, 6.45) is 0. The molecule has 0 amide bonds. The minimum Gasteiger partial charge on any atom is -0.397 e.